The van der Waals surface area contributed by atoms with Crippen molar-refractivity contribution in [1.82, 2.24) is 4.98 Å². The zero-order valence-electron chi connectivity index (χ0n) is 15.1. The average molecular weight is 473 g/mol. The molecule has 0 spiro atoms. The number of ether oxygens (including phenoxy) is 1. The summed E-state index contributed by atoms with van der Waals surface area (Å²) in [5.41, 5.74) is 1.55. The lowest BCUT2D eigenvalue weighted by Gasteiger charge is -2.11. The minimum absolute atomic E-state index is 0.0447. The molecule has 0 atom stereocenters. The fourth-order valence-electron chi connectivity index (χ4n) is 3.20. The molecule has 1 N–H and O–H groups in total. The number of alkyl halides is 2. The molecule has 0 radical (unpaired) electrons. The van der Waals surface area contributed by atoms with Gasteiger partial charge in [-0.2, -0.15) is 8.78 Å². The fraction of sp³-hybridized carbons (Fsp3) is 0.105. The van der Waals surface area contributed by atoms with E-state index in [1.165, 1.54) is 42.7 Å². The zero-order chi connectivity index (χ0) is 21.6. The van der Waals surface area contributed by atoms with Crippen molar-refractivity contribution >= 4 is 60.9 Å². The first-order valence-corrected chi connectivity index (χ1v) is 11.0. The Kier molecular flexibility index (Phi) is 5.21. The molecule has 11 heteroatoms. The fourth-order valence-corrected chi connectivity index (χ4v) is 4.32. The Morgan fingerprint density at radius 3 is 2.47 bits per heavy atom. The van der Waals surface area contributed by atoms with Crippen LogP contribution in [0, 0.1) is 0 Å². The molecular formula is C19H12Cl2F2N2O4S. The second kappa shape index (κ2) is 7.57. The maximum absolute atomic E-state index is 12.9. The van der Waals surface area contributed by atoms with E-state index >= 15 is 0 Å². The number of hydrogen-bond acceptors (Lipinski definition) is 5. The summed E-state index contributed by atoms with van der Waals surface area (Å²) in [6, 6.07) is 7.40. The lowest BCUT2D eigenvalue weighted by Crippen LogP contribution is -2.09. The third-order valence-electron chi connectivity index (χ3n) is 4.22. The van der Waals surface area contributed by atoms with E-state index in [1.807, 2.05) is 0 Å². The minimum Gasteiger partial charge on any atom is -0.452 e. The molecule has 30 heavy (non-hydrogen) atoms. The van der Waals surface area contributed by atoms with E-state index < -0.39 is 16.6 Å². The molecule has 0 aliphatic rings. The van der Waals surface area contributed by atoms with Gasteiger partial charge in [-0.05, 0) is 35.9 Å². The van der Waals surface area contributed by atoms with Gasteiger partial charge in [0, 0.05) is 34.4 Å². The van der Waals surface area contributed by atoms with Crippen molar-refractivity contribution in [2.24, 2.45) is 0 Å². The molecule has 2 aromatic heterocycles. The monoisotopic (exact) mass is 472 g/mol. The minimum atomic E-state index is -3.54. The lowest BCUT2D eigenvalue weighted by atomic mass is 9.99. The van der Waals surface area contributed by atoms with Crippen LogP contribution in [-0.4, -0.2) is 26.3 Å². The van der Waals surface area contributed by atoms with Crippen LogP contribution in [0.4, 0.5) is 14.5 Å². The smallest absolute Gasteiger partial charge is 0.387 e. The van der Waals surface area contributed by atoms with Gasteiger partial charge in [0.15, 0.2) is 11.3 Å². The largest absolute Gasteiger partial charge is 0.452 e. The first kappa shape index (κ1) is 20.6. The normalized spacial score (nSPS) is 12.1. The quantitative estimate of drug-likeness (QED) is 0.389. The summed E-state index contributed by atoms with van der Waals surface area (Å²) >= 11 is 12.6. The average Bonchev–Trinajstić information content (AvgIpc) is 3.01. The number of pyridine rings is 1. The van der Waals surface area contributed by atoms with Crippen molar-refractivity contribution in [1.29, 1.82) is 0 Å². The third kappa shape index (κ3) is 3.88. The van der Waals surface area contributed by atoms with Crippen LogP contribution in [0.15, 0.2) is 47.1 Å². The van der Waals surface area contributed by atoms with Crippen LogP contribution >= 0.6 is 23.2 Å². The molecule has 4 rings (SSSR count). The number of aromatic nitrogens is 1. The van der Waals surface area contributed by atoms with Crippen molar-refractivity contribution in [3.8, 4) is 16.9 Å². The van der Waals surface area contributed by atoms with Crippen LogP contribution in [0.3, 0.4) is 0 Å². The molecule has 6 nitrogen and oxygen atoms in total. The molecule has 0 aliphatic carbocycles. The van der Waals surface area contributed by atoms with E-state index in [2.05, 4.69) is 14.4 Å². The number of furan rings is 1. The SMILES string of the molecule is CS(=O)(=O)Nc1ccc2oc3c(OC(F)F)ccc(-c4c(Cl)cncc4Cl)c3c2c1. The summed E-state index contributed by atoms with van der Waals surface area (Å²) in [7, 11) is -3.54. The highest BCUT2D eigenvalue weighted by Crippen LogP contribution is 2.45. The summed E-state index contributed by atoms with van der Waals surface area (Å²) in [6.45, 7) is -3.07. The van der Waals surface area contributed by atoms with Gasteiger partial charge in [0.05, 0.1) is 16.3 Å². The summed E-state index contributed by atoms with van der Waals surface area (Å²) < 4.78 is 61.8. The van der Waals surface area contributed by atoms with E-state index in [4.69, 9.17) is 27.6 Å². The van der Waals surface area contributed by atoms with Crippen molar-refractivity contribution < 1.29 is 26.4 Å². The number of benzene rings is 2. The third-order valence-corrected chi connectivity index (χ3v) is 5.40. The zero-order valence-corrected chi connectivity index (χ0v) is 17.4. The Bertz CT molecular complexity index is 1370. The topological polar surface area (TPSA) is 81.4 Å². The molecule has 2 aromatic carbocycles. The first-order chi connectivity index (χ1) is 14.1. The van der Waals surface area contributed by atoms with Gasteiger partial charge in [-0.1, -0.05) is 23.2 Å². The van der Waals surface area contributed by atoms with Crippen molar-refractivity contribution in [2.45, 2.75) is 6.61 Å². The Hall–Kier alpha value is -2.62. The van der Waals surface area contributed by atoms with Crippen molar-refractivity contribution in [2.75, 3.05) is 11.0 Å². The van der Waals surface area contributed by atoms with Crippen LogP contribution in [-0.2, 0) is 10.0 Å². The molecular weight excluding hydrogens is 461 g/mol. The number of anilines is 1. The molecule has 4 aromatic rings. The predicted molar refractivity (Wildman–Crippen MR) is 112 cm³/mol. The molecule has 0 saturated heterocycles. The van der Waals surface area contributed by atoms with E-state index in [-0.39, 0.29) is 27.1 Å². The maximum atomic E-state index is 12.9. The van der Waals surface area contributed by atoms with Crippen LogP contribution in [0.5, 0.6) is 5.75 Å². The van der Waals surface area contributed by atoms with Gasteiger partial charge in [-0.25, -0.2) is 8.42 Å². The molecule has 0 amide bonds. The molecule has 0 saturated carbocycles. The standard InChI is InChI=1S/C19H12Cl2F2N2O4S/c1-30(26,27)25-9-2-4-14-11(6-9)16-10(17-12(20)7-24-8-13(17)21)3-5-15(18(16)28-14)29-19(22)23/h2-8,19,25H,1H3. The molecule has 156 valence electrons. The summed E-state index contributed by atoms with van der Waals surface area (Å²) in [5.74, 6) is -0.182. The predicted octanol–water partition coefficient (Wildman–Crippen LogP) is 5.93. The Balaban J connectivity index is 2.09. The van der Waals surface area contributed by atoms with Gasteiger partial charge in [0.2, 0.25) is 10.0 Å². The second-order valence-electron chi connectivity index (χ2n) is 6.36. The number of hydrogen-bond donors (Lipinski definition) is 1. The van der Waals surface area contributed by atoms with Gasteiger partial charge < -0.3 is 9.15 Å². The van der Waals surface area contributed by atoms with E-state index in [1.54, 1.807) is 0 Å². The van der Waals surface area contributed by atoms with E-state index in [0.717, 1.165) is 6.26 Å². The Morgan fingerprint density at radius 2 is 1.83 bits per heavy atom. The molecule has 0 fully saturated rings. The van der Waals surface area contributed by atoms with Gasteiger partial charge in [-0.3, -0.25) is 9.71 Å². The van der Waals surface area contributed by atoms with Gasteiger partial charge in [-0.15, -0.1) is 0 Å². The Morgan fingerprint density at radius 1 is 1.13 bits per heavy atom. The number of fused-ring (bicyclic) bond motifs is 3. The first-order valence-electron chi connectivity index (χ1n) is 8.35. The highest BCUT2D eigenvalue weighted by atomic mass is 35.5. The number of rotatable bonds is 5. The summed E-state index contributed by atoms with van der Waals surface area (Å²) in [6.07, 6.45) is 3.81. The van der Waals surface area contributed by atoms with E-state index in [9.17, 15) is 17.2 Å². The van der Waals surface area contributed by atoms with Gasteiger partial charge in [0.1, 0.15) is 5.58 Å². The highest BCUT2D eigenvalue weighted by molar-refractivity contribution is 7.92. The van der Waals surface area contributed by atoms with E-state index in [0.29, 0.717) is 27.5 Å². The molecule has 0 aliphatic heterocycles. The highest BCUT2D eigenvalue weighted by Gasteiger charge is 2.22. The number of nitrogens with zero attached hydrogens (tertiary/aromatic N) is 1. The van der Waals surface area contributed by atoms with Gasteiger partial charge >= 0.3 is 6.61 Å². The number of halogens is 4. The van der Waals surface area contributed by atoms with Crippen LogP contribution < -0.4 is 9.46 Å². The van der Waals surface area contributed by atoms with Crippen molar-refractivity contribution in [3.63, 3.8) is 0 Å². The van der Waals surface area contributed by atoms with Gasteiger partial charge in [0.25, 0.3) is 0 Å². The molecule has 2 heterocycles. The molecule has 0 unspecified atom stereocenters. The maximum Gasteiger partial charge on any atom is 0.387 e. The second-order valence-corrected chi connectivity index (χ2v) is 8.92. The van der Waals surface area contributed by atoms with Crippen LogP contribution in [0.25, 0.3) is 33.1 Å². The molecule has 0 bridgehead atoms. The summed E-state index contributed by atoms with van der Waals surface area (Å²) in [4.78, 5) is 3.92. The Labute approximate surface area is 179 Å². The number of sulfonamides is 1. The van der Waals surface area contributed by atoms with Crippen molar-refractivity contribution in [3.05, 3.63) is 52.8 Å². The van der Waals surface area contributed by atoms with Crippen LogP contribution in [0.1, 0.15) is 0 Å². The lowest BCUT2D eigenvalue weighted by molar-refractivity contribution is -0.0493. The number of nitrogens with one attached hydrogen (secondary N) is 1. The van der Waals surface area contributed by atoms with Crippen LogP contribution in [0.2, 0.25) is 10.0 Å². The summed E-state index contributed by atoms with van der Waals surface area (Å²) in [5, 5.41) is 1.32.